The molecule has 0 atom stereocenters. The molecule has 0 fully saturated rings. The third-order valence-corrected chi connectivity index (χ3v) is 0. The molecular weight excluding hydrogens is 241 g/mol. The van der Waals surface area contributed by atoms with Crippen molar-refractivity contribution >= 4 is 18.8 Å². The van der Waals surface area contributed by atoms with Gasteiger partial charge in [0, 0.05) is 50.1 Å². The zero-order chi connectivity index (χ0) is 2.00. The van der Waals surface area contributed by atoms with Crippen LogP contribution < -0.4 is 4.44 Å². The maximum Gasteiger partial charge on any atom is 0 e. The molecule has 5 heteroatoms. The number of nitrogens with two attached hydrogens (primary N) is 1. The van der Waals surface area contributed by atoms with Gasteiger partial charge in [-0.25, -0.2) is 0 Å². The summed E-state index contributed by atoms with van der Waals surface area (Å²) in [6, 6.07) is 0. The molecule has 2 nitrogen and oxygen atoms in total. The van der Waals surface area contributed by atoms with Gasteiger partial charge in [0.1, 0.15) is 0 Å². The first kappa shape index (κ1) is 27.1. The molecule has 0 aliphatic rings. The van der Waals surface area contributed by atoms with E-state index in [1.807, 2.05) is 0 Å². The van der Waals surface area contributed by atoms with Gasteiger partial charge in [0.2, 0.25) is 0 Å². The number of hydrogen-bond donors (Lipinski definition) is 1. The molecule has 0 spiro atoms. The van der Waals surface area contributed by atoms with E-state index >= 15 is 0 Å². The Morgan fingerprint density at radius 3 is 1.20 bits per heavy atom. The third-order valence-electron chi connectivity index (χ3n) is 0. The summed E-state index contributed by atoms with van der Waals surface area (Å²) in [4.78, 5) is 0. The monoisotopic (exact) mass is 246 g/mol. The van der Waals surface area contributed by atoms with E-state index in [0.29, 0.717) is 18.8 Å². The average molecular weight is 247 g/mol. The average Bonchev–Trinajstić information content (AvgIpc) is 1.00. The van der Waals surface area contributed by atoms with Gasteiger partial charge in [0.25, 0.3) is 0 Å². The van der Waals surface area contributed by atoms with Crippen LogP contribution in [0.2, 0.25) is 0 Å². The van der Waals surface area contributed by atoms with Crippen molar-refractivity contribution in [2.24, 2.45) is 4.44 Å². The van der Waals surface area contributed by atoms with Gasteiger partial charge < -0.3 is 5.48 Å². The van der Waals surface area contributed by atoms with Crippen molar-refractivity contribution in [3.8, 4) is 0 Å². The maximum atomic E-state index is 4.69. The van der Waals surface area contributed by atoms with Crippen LogP contribution in [0.5, 0.6) is 0 Å². The second kappa shape index (κ2) is 34.7. The Morgan fingerprint density at radius 1 is 1.20 bits per heavy atom. The Bertz CT molecular complexity index is 11.6. The summed E-state index contributed by atoms with van der Waals surface area (Å²) in [5.74, 6) is 0. The molecule has 0 aromatic rings. The fourth-order valence-corrected chi connectivity index (χ4v) is 0. The van der Waals surface area contributed by atoms with E-state index in [4.69, 9.17) is 0 Å². The van der Waals surface area contributed by atoms with Crippen LogP contribution in [0.3, 0.4) is 0 Å². The summed E-state index contributed by atoms with van der Waals surface area (Å²) in [6.07, 6.45) is 0. The van der Waals surface area contributed by atoms with Crippen LogP contribution in [-0.2, 0) is 50.1 Å². The molecule has 0 saturated heterocycles. The van der Waals surface area contributed by atoms with Crippen LogP contribution in [0.25, 0.3) is 0 Å². The first-order valence-electron chi connectivity index (χ1n) is 0.577. The Kier molecular flexibility index (Phi) is 188. The predicted octanol–water partition coefficient (Wildman–Crippen LogP) is -2.34. The van der Waals surface area contributed by atoms with Crippen molar-refractivity contribution in [3.63, 3.8) is 0 Å². The molecule has 0 saturated carbocycles. The summed E-state index contributed by atoms with van der Waals surface area (Å²) < 4.78 is 4.69. The van der Waals surface area contributed by atoms with Gasteiger partial charge in [-0.15, -0.1) is 0 Å². The molecule has 0 rings (SSSR count). The summed E-state index contributed by atoms with van der Waals surface area (Å²) in [7, 11) is 0. The fourth-order valence-electron chi connectivity index (χ4n) is 0. The van der Waals surface area contributed by atoms with Crippen molar-refractivity contribution in [1.82, 2.24) is 0 Å². The van der Waals surface area contributed by atoms with Gasteiger partial charge in [-0.2, -0.15) is 0 Å². The van der Waals surface area contributed by atoms with E-state index in [0.717, 1.165) is 0 Å². The standard InChI is InChI=1S/Cr.Ga.H2N.H2O.Y.2H/h;;2*1H2;;;/q;+1;-1;;;;. The summed E-state index contributed by atoms with van der Waals surface area (Å²) in [5, 5.41) is 0. The largest absolute Gasteiger partial charge is 0 e. The quantitative estimate of drug-likeness (QED) is 0.479. The molecule has 29 valence electrons. The maximum absolute atomic E-state index is 4.69. The van der Waals surface area contributed by atoms with Crippen molar-refractivity contribution in [1.29, 1.82) is 0 Å². The number of rotatable bonds is 0. The Balaban J connectivity index is -0.00000000167. The minimum atomic E-state index is 0. The van der Waals surface area contributed by atoms with Crippen molar-refractivity contribution in [2.75, 3.05) is 0 Å². The molecule has 0 heterocycles. The van der Waals surface area contributed by atoms with Crippen molar-refractivity contribution < 1.29 is 55.5 Å². The second-order valence-electron chi connectivity index (χ2n) is 0. The molecule has 0 aromatic carbocycles. The molecule has 0 aromatic heterocycles. The first-order chi connectivity index (χ1) is 1.00. The molecule has 4 N–H and O–H groups in total. The zero-order valence-corrected chi connectivity index (χ0v) is 11.4. The van der Waals surface area contributed by atoms with Gasteiger partial charge in [-0.1, -0.05) is 0 Å². The number of hydrogen-bond acceptors (Lipinski definition) is 1. The van der Waals surface area contributed by atoms with Gasteiger partial charge in [0.05, 0.1) is 0 Å². The van der Waals surface area contributed by atoms with E-state index in [1.165, 1.54) is 0 Å². The minimum absolute atomic E-state index is 0. The molecule has 0 unspecified atom stereocenters. The van der Waals surface area contributed by atoms with E-state index in [1.54, 1.807) is 0 Å². The Morgan fingerprint density at radius 2 is 1.20 bits per heavy atom. The summed E-state index contributed by atoms with van der Waals surface area (Å²) in [6.45, 7) is 0. The summed E-state index contributed by atoms with van der Waals surface area (Å²) in [5.41, 5.74) is 0. The van der Waals surface area contributed by atoms with Crippen LogP contribution in [0.1, 0.15) is 0 Å². The molecule has 0 amide bonds. The van der Waals surface area contributed by atoms with E-state index in [9.17, 15) is 0 Å². The first-order valence-corrected chi connectivity index (χ1v) is 3.00. The van der Waals surface area contributed by atoms with E-state index < -0.39 is 0 Å². The van der Waals surface area contributed by atoms with Crippen LogP contribution in [-0.4, -0.2) is 24.3 Å². The molecule has 0 aliphatic heterocycles. The summed E-state index contributed by atoms with van der Waals surface area (Å²) >= 11 is 0.562. The smallest absolute Gasteiger partial charge is 0 e. The Hall–Kier alpha value is 2.19. The van der Waals surface area contributed by atoms with Gasteiger partial charge in [-0.3, -0.25) is 0 Å². The Labute approximate surface area is 77.8 Å². The normalized spacial score (nSPS) is 1.00. The molecule has 1 radical (unpaired) electrons. The molecule has 0 aliphatic carbocycles. The van der Waals surface area contributed by atoms with E-state index in [2.05, 4.69) is 4.44 Å². The van der Waals surface area contributed by atoms with Crippen LogP contribution >= 0.6 is 0 Å². The van der Waals surface area contributed by atoms with Gasteiger partial charge in [0.15, 0.2) is 0 Å². The predicted molar refractivity (Wildman–Crippen MR) is 16.3 cm³/mol. The van der Waals surface area contributed by atoms with Crippen LogP contribution in [0.4, 0.5) is 0 Å². The minimum Gasteiger partial charge on any atom is 0 e. The molecular formula is H6CrGaNOY. The van der Waals surface area contributed by atoms with Crippen LogP contribution in [0, 0.1) is 0 Å². The zero-order valence-electron chi connectivity index (χ0n) is 3.06. The van der Waals surface area contributed by atoms with Crippen LogP contribution in [0.15, 0.2) is 0 Å². The molecule has 5 heavy (non-hydrogen) atoms. The van der Waals surface area contributed by atoms with E-state index in [-0.39, 0.29) is 55.5 Å². The third kappa shape index (κ3) is 22.6. The SMILES string of the molecule is O.[Cr].[NH2][GaH2].[Y]. The van der Waals surface area contributed by atoms with Gasteiger partial charge >= 0.3 is 23.3 Å². The fraction of sp³-hybridized carbons (Fsp3) is 0. The topological polar surface area (TPSA) is 57.5 Å². The van der Waals surface area contributed by atoms with Gasteiger partial charge in [-0.05, 0) is 0 Å². The second-order valence-corrected chi connectivity index (χ2v) is 0. The van der Waals surface area contributed by atoms with Crippen molar-refractivity contribution in [3.05, 3.63) is 0 Å². The van der Waals surface area contributed by atoms with Crippen molar-refractivity contribution in [2.45, 2.75) is 0 Å². The molecule has 0 bridgehead atoms.